The summed E-state index contributed by atoms with van der Waals surface area (Å²) in [5.74, 6) is 1.83. The Hall–Kier alpha value is -0.590. The molecule has 1 fully saturated rings. The highest BCUT2D eigenvalue weighted by Gasteiger charge is 2.35. The van der Waals surface area contributed by atoms with Gasteiger partial charge in [-0.3, -0.25) is 4.79 Å². The number of ketones is 1. The maximum absolute atomic E-state index is 11.3. The van der Waals surface area contributed by atoms with Crippen LogP contribution in [0, 0.1) is 17.8 Å². The molecule has 0 aromatic carbocycles. The molecule has 62 valence electrons. The SMILES string of the molecule is C=CCC1C(=O)C[C@@H](C)[C@H]1C. The van der Waals surface area contributed by atoms with Crippen molar-refractivity contribution in [3.05, 3.63) is 12.7 Å². The second-order valence-corrected chi connectivity index (χ2v) is 3.64. The van der Waals surface area contributed by atoms with Crippen molar-refractivity contribution in [3.8, 4) is 0 Å². The molecule has 0 amide bonds. The highest BCUT2D eigenvalue weighted by molar-refractivity contribution is 5.83. The minimum Gasteiger partial charge on any atom is -0.299 e. The molecule has 1 heteroatoms. The molecule has 0 N–H and O–H groups in total. The van der Waals surface area contributed by atoms with Crippen molar-refractivity contribution in [3.63, 3.8) is 0 Å². The molecule has 0 saturated heterocycles. The Balaban J connectivity index is 2.63. The van der Waals surface area contributed by atoms with Crippen LogP contribution >= 0.6 is 0 Å². The average Bonchev–Trinajstić information content (AvgIpc) is 2.17. The van der Waals surface area contributed by atoms with Gasteiger partial charge in [0.15, 0.2) is 0 Å². The van der Waals surface area contributed by atoms with Gasteiger partial charge in [-0.25, -0.2) is 0 Å². The molecule has 0 bridgehead atoms. The van der Waals surface area contributed by atoms with Crippen LogP contribution in [0.3, 0.4) is 0 Å². The fraction of sp³-hybridized carbons (Fsp3) is 0.700. The number of hydrogen-bond acceptors (Lipinski definition) is 1. The fourth-order valence-corrected chi connectivity index (χ4v) is 1.87. The summed E-state index contributed by atoms with van der Waals surface area (Å²) < 4.78 is 0. The summed E-state index contributed by atoms with van der Waals surface area (Å²) in [4.78, 5) is 11.3. The molecule has 0 spiro atoms. The fourth-order valence-electron chi connectivity index (χ4n) is 1.87. The quantitative estimate of drug-likeness (QED) is 0.555. The smallest absolute Gasteiger partial charge is 0.136 e. The third-order valence-corrected chi connectivity index (χ3v) is 2.89. The van der Waals surface area contributed by atoms with Gasteiger partial charge in [-0.05, 0) is 18.3 Å². The van der Waals surface area contributed by atoms with Gasteiger partial charge in [-0.1, -0.05) is 19.9 Å². The van der Waals surface area contributed by atoms with Gasteiger partial charge in [0.2, 0.25) is 0 Å². The van der Waals surface area contributed by atoms with Crippen molar-refractivity contribution in [2.45, 2.75) is 26.7 Å². The monoisotopic (exact) mass is 152 g/mol. The normalized spacial score (nSPS) is 37.6. The lowest BCUT2D eigenvalue weighted by atomic mass is 9.90. The number of carbonyl (C=O) groups is 1. The van der Waals surface area contributed by atoms with Gasteiger partial charge < -0.3 is 0 Å². The van der Waals surface area contributed by atoms with E-state index in [1.807, 2.05) is 6.08 Å². The molecular weight excluding hydrogens is 136 g/mol. The molecule has 3 atom stereocenters. The van der Waals surface area contributed by atoms with Gasteiger partial charge in [-0.2, -0.15) is 0 Å². The van der Waals surface area contributed by atoms with Crippen molar-refractivity contribution < 1.29 is 4.79 Å². The summed E-state index contributed by atoms with van der Waals surface area (Å²) in [6, 6.07) is 0. The van der Waals surface area contributed by atoms with Gasteiger partial charge in [0.25, 0.3) is 0 Å². The largest absolute Gasteiger partial charge is 0.299 e. The molecule has 0 aromatic rings. The predicted molar refractivity (Wildman–Crippen MR) is 46.3 cm³/mol. The molecule has 1 unspecified atom stereocenters. The first kappa shape index (κ1) is 8.51. The van der Waals surface area contributed by atoms with E-state index in [0.29, 0.717) is 17.6 Å². The molecule has 0 radical (unpaired) electrons. The lowest BCUT2D eigenvalue weighted by molar-refractivity contribution is -0.121. The minimum absolute atomic E-state index is 0.266. The third kappa shape index (κ3) is 1.52. The zero-order valence-electron chi connectivity index (χ0n) is 7.34. The number of carbonyl (C=O) groups excluding carboxylic acids is 1. The van der Waals surface area contributed by atoms with Crippen molar-refractivity contribution in [1.82, 2.24) is 0 Å². The molecule has 0 heterocycles. The van der Waals surface area contributed by atoms with Crippen LogP contribution in [0.1, 0.15) is 26.7 Å². The first-order chi connectivity index (χ1) is 5.16. The topological polar surface area (TPSA) is 17.1 Å². The maximum atomic E-state index is 11.3. The summed E-state index contributed by atoms with van der Waals surface area (Å²) in [5, 5.41) is 0. The van der Waals surface area contributed by atoms with Gasteiger partial charge in [-0.15, -0.1) is 6.58 Å². The van der Waals surface area contributed by atoms with Crippen molar-refractivity contribution >= 4 is 5.78 Å². The lowest BCUT2D eigenvalue weighted by Crippen LogP contribution is -2.12. The van der Waals surface area contributed by atoms with Crippen molar-refractivity contribution in [2.75, 3.05) is 0 Å². The zero-order chi connectivity index (χ0) is 8.43. The second-order valence-electron chi connectivity index (χ2n) is 3.64. The molecule has 0 aromatic heterocycles. The van der Waals surface area contributed by atoms with E-state index in [0.717, 1.165) is 12.8 Å². The Morgan fingerprint density at radius 2 is 2.27 bits per heavy atom. The van der Waals surface area contributed by atoms with E-state index in [1.54, 1.807) is 0 Å². The Morgan fingerprint density at radius 3 is 2.64 bits per heavy atom. The minimum atomic E-state index is 0.266. The summed E-state index contributed by atoms with van der Waals surface area (Å²) in [6.45, 7) is 7.99. The van der Waals surface area contributed by atoms with E-state index >= 15 is 0 Å². The Bertz CT molecular complexity index is 172. The molecule has 0 aliphatic heterocycles. The molecular formula is C10H16O. The average molecular weight is 152 g/mol. The Morgan fingerprint density at radius 1 is 1.64 bits per heavy atom. The molecule has 1 saturated carbocycles. The zero-order valence-corrected chi connectivity index (χ0v) is 7.34. The van der Waals surface area contributed by atoms with Gasteiger partial charge in [0.05, 0.1) is 0 Å². The van der Waals surface area contributed by atoms with Gasteiger partial charge >= 0.3 is 0 Å². The third-order valence-electron chi connectivity index (χ3n) is 2.89. The molecule has 1 aliphatic carbocycles. The first-order valence-electron chi connectivity index (χ1n) is 4.30. The maximum Gasteiger partial charge on any atom is 0.136 e. The molecule has 1 aliphatic rings. The second kappa shape index (κ2) is 3.21. The standard InChI is InChI=1S/C10H16O/c1-4-5-9-8(3)7(2)6-10(9)11/h4,7-9H,1,5-6H2,2-3H3/t7-,8-,9?/m1/s1. The highest BCUT2D eigenvalue weighted by atomic mass is 16.1. The Kier molecular flexibility index (Phi) is 2.48. The molecule has 1 nitrogen and oxygen atoms in total. The van der Waals surface area contributed by atoms with Crippen LogP contribution in [0.2, 0.25) is 0 Å². The van der Waals surface area contributed by atoms with Gasteiger partial charge in [0.1, 0.15) is 5.78 Å². The molecule has 11 heavy (non-hydrogen) atoms. The van der Waals surface area contributed by atoms with Crippen LogP contribution < -0.4 is 0 Å². The number of allylic oxidation sites excluding steroid dienone is 1. The number of hydrogen-bond donors (Lipinski definition) is 0. The van der Waals surface area contributed by atoms with Crippen LogP contribution in [0.15, 0.2) is 12.7 Å². The predicted octanol–water partition coefficient (Wildman–Crippen LogP) is 2.42. The van der Waals surface area contributed by atoms with Crippen molar-refractivity contribution in [2.24, 2.45) is 17.8 Å². The van der Waals surface area contributed by atoms with Crippen LogP contribution in [0.25, 0.3) is 0 Å². The van der Waals surface area contributed by atoms with E-state index in [2.05, 4.69) is 20.4 Å². The summed E-state index contributed by atoms with van der Waals surface area (Å²) >= 11 is 0. The van der Waals surface area contributed by atoms with Crippen LogP contribution in [-0.4, -0.2) is 5.78 Å². The van der Waals surface area contributed by atoms with Crippen LogP contribution in [-0.2, 0) is 4.79 Å². The summed E-state index contributed by atoms with van der Waals surface area (Å²) in [6.07, 6.45) is 3.50. The lowest BCUT2D eigenvalue weighted by Gasteiger charge is -2.13. The molecule has 1 rings (SSSR count). The summed E-state index contributed by atoms with van der Waals surface area (Å²) in [5.41, 5.74) is 0. The van der Waals surface area contributed by atoms with E-state index in [4.69, 9.17) is 0 Å². The number of rotatable bonds is 2. The van der Waals surface area contributed by atoms with Crippen molar-refractivity contribution in [1.29, 1.82) is 0 Å². The van der Waals surface area contributed by atoms with E-state index in [-0.39, 0.29) is 5.92 Å². The summed E-state index contributed by atoms with van der Waals surface area (Å²) in [7, 11) is 0. The van der Waals surface area contributed by atoms with Gasteiger partial charge in [0, 0.05) is 12.3 Å². The van der Waals surface area contributed by atoms with E-state index in [9.17, 15) is 4.79 Å². The highest BCUT2D eigenvalue weighted by Crippen LogP contribution is 2.35. The first-order valence-corrected chi connectivity index (χ1v) is 4.30. The number of Topliss-reactive ketones (excluding diaryl/α,β-unsaturated/α-hetero) is 1. The van der Waals surface area contributed by atoms with E-state index < -0.39 is 0 Å². The van der Waals surface area contributed by atoms with Crippen LogP contribution in [0.4, 0.5) is 0 Å². The van der Waals surface area contributed by atoms with E-state index in [1.165, 1.54) is 0 Å². The Labute approximate surface area is 68.5 Å². The van der Waals surface area contributed by atoms with Crippen LogP contribution in [0.5, 0.6) is 0 Å².